The highest BCUT2D eigenvalue weighted by Gasteiger charge is 2.31. The highest BCUT2D eigenvalue weighted by atomic mass is 32.2. The van der Waals surface area contributed by atoms with E-state index in [1.807, 2.05) is 24.0 Å². The summed E-state index contributed by atoms with van der Waals surface area (Å²) in [5.41, 5.74) is 1.96. The van der Waals surface area contributed by atoms with Gasteiger partial charge in [-0.05, 0) is 56.5 Å². The van der Waals surface area contributed by atoms with Crippen LogP contribution >= 0.6 is 0 Å². The number of benzene rings is 2. The van der Waals surface area contributed by atoms with E-state index in [2.05, 4.69) is 10.0 Å². The Morgan fingerprint density at radius 2 is 1.82 bits per heavy atom. The number of likely N-dealkylation sites (tertiary alicyclic amines) is 1. The fourth-order valence-corrected chi connectivity index (χ4v) is 5.05. The molecule has 0 aromatic heterocycles. The van der Waals surface area contributed by atoms with Crippen LogP contribution < -0.4 is 10.0 Å². The van der Waals surface area contributed by atoms with E-state index in [0.717, 1.165) is 18.4 Å². The third-order valence-corrected chi connectivity index (χ3v) is 6.88. The van der Waals surface area contributed by atoms with Crippen molar-refractivity contribution in [3.63, 3.8) is 0 Å². The van der Waals surface area contributed by atoms with E-state index < -0.39 is 10.0 Å². The lowest BCUT2D eigenvalue weighted by Gasteiger charge is -2.24. The number of hydrogen-bond acceptors (Lipinski definition) is 4. The van der Waals surface area contributed by atoms with E-state index in [4.69, 9.17) is 0 Å². The topological polar surface area (TPSA) is 78.5 Å². The van der Waals surface area contributed by atoms with E-state index in [0.29, 0.717) is 36.4 Å². The first-order valence-electron chi connectivity index (χ1n) is 9.65. The molecule has 0 radical (unpaired) electrons. The molecular weight excluding hydrogens is 374 g/mol. The van der Waals surface area contributed by atoms with Crippen molar-refractivity contribution in [2.24, 2.45) is 0 Å². The van der Waals surface area contributed by atoms with Crippen molar-refractivity contribution in [1.29, 1.82) is 0 Å². The number of hydrogen-bond donors (Lipinski definition) is 2. The molecule has 0 saturated carbocycles. The number of fused-ring (bicyclic) bond motifs is 2. The van der Waals surface area contributed by atoms with Crippen molar-refractivity contribution in [3.05, 3.63) is 59.7 Å². The normalized spacial score (nSPS) is 22.0. The van der Waals surface area contributed by atoms with Gasteiger partial charge in [0.15, 0.2) is 0 Å². The van der Waals surface area contributed by atoms with Crippen LogP contribution in [-0.4, -0.2) is 44.4 Å². The largest absolute Gasteiger partial charge is 0.337 e. The van der Waals surface area contributed by atoms with Crippen LogP contribution in [0.5, 0.6) is 0 Å². The van der Waals surface area contributed by atoms with Gasteiger partial charge in [0.25, 0.3) is 15.9 Å². The van der Waals surface area contributed by atoms with Gasteiger partial charge >= 0.3 is 0 Å². The molecule has 2 aliphatic heterocycles. The molecule has 2 saturated heterocycles. The third kappa shape index (κ3) is 4.05. The van der Waals surface area contributed by atoms with Gasteiger partial charge < -0.3 is 10.2 Å². The zero-order chi connectivity index (χ0) is 19.7. The first-order valence-corrected chi connectivity index (χ1v) is 11.1. The van der Waals surface area contributed by atoms with Gasteiger partial charge in [-0.25, -0.2) is 8.42 Å². The molecule has 2 N–H and O–H groups in total. The minimum atomic E-state index is -3.76. The fourth-order valence-electron chi connectivity index (χ4n) is 3.94. The zero-order valence-electron chi connectivity index (χ0n) is 15.9. The van der Waals surface area contributed by atoms with Crippen molar-refractivity contribution in [1.82, 2.24) is 10.2 Å². The van der Waals surface area contributed by atoms with Crippen molar-refractivity contribution in [2.45, 2.75) is 43.2 Å². The SMILES string of the molecule is Cc1ccc(NS(=O)(=O)c2cccc(C(=O)N3CCC4CCC(C3)N4)c2)cc1. The summed E-state index contributed by atoms with van der Waals surface area (Å²) in [6.07, 6.45) is 3.20. The molecule has 0 aliphatic carbocycles. The van der Waals surface area contributed by atoms with Crippen molar-refractivity contribution in [2.75, 3.05) is 17.8 Å². The molecule has 7 heteroatoms. The molecule has 2 aromatic carbocycles. The van der Waals surface area contributed by atoms with Gasteiger partial charge in [-0.15, -0.1) is 0 Å². The second kappa shape index (κ2) is 7.56. The van der Waals surface area contributed by atoms with Crippen molar-refractivity contribution in [3.8, 4) is 0 Å². The molecule has 2 aliphatic rings. The Labute approximate surface area is 166 Å². The number of amides is 1. The van der Waals surface area contributed by atoms with Crippen molar-refractivity contribution >= 4 is 21.6 Å². The summed E-state index contributed by atoms with van der Waals surface area (Å²) < 4.78 is 28.1. The van der Waals surface area contributed by atoms with E-state index in [-0.39, 0.29) is 10.8 Å². The van der Waals surface area contributed by atoms with Gasteiger partial charge in [0.05, 0.1) is 4.90 Å². The van der Waals surface area contributed by atoms with Crippen LogP contribution in [0.3, 0.4) is 0 Å². The summed E-state index contributed by atoms with van der Waals surface area (Å²) in [5.74, 6) is -0.110. The summed E-state index contributed by atoms with van der Waals surface area (Å²) in [6, 6.07) is 14.3. The smallest absolute Gasteiger partial charge is 0.261 e. The van der Waals surface area contributed by atoms with Gasteiger partial charge in [-0.1, -0.05) is 23.8 Å². The quantitative estimate of drug-likeness (QED) is 0.829. The number of anilines is 1. The van der Waals surface area contributed by atoms with Crippen LogP contribution in [0, 0.1) is 6.92 Å². The van der Waals surface area contributed by atoms with Gasteiger partial charge in [-0.3, -0.25) is 9.52 Å². The van der Waals surface area contributed by atoms with E-state index >= 15 is 0 Å². The molecule has 6 nitrogen and oxygen atoms in total. The first kappa shape index (κ1) is 19.0. The van der Waals surface area contributed by atoms with Gasteiger partial charge in [0.2, 0.25) is 0 Å². The van der Waals surface area contributed by atoms with E-state index in [1.54, 1.807) is 24.3 Å². The zero-order valence-corrected chi connectivity index (χ0v) is 16.7. The van der Waals surface area contributed by atoms with Crippen LogP contribution in [0.15, 0.2) is 53.4 Å². The number of rotatable bonds is 4. The van der Waals surface area contributed by atoms with Crippen LogP contribution in [0.1, 0.15) is 35.2 Å². The molecule has 148 valence electrons. The maximum atomic E-state index is 13.0. The average molecular weight is 400 g/mol. The van der Waals surface area contributed by atoms with Gasteiger partial charge in [-0.2, -0.15) is 0 Å². The van der Waals surface area contributed by atoms with E-state index in [9.17, 15) is 13.2 Å². The van der Waals surface area contributed by atoms with Crippen LogP contribution in [0.2, 0.25) is 0 Å². The average Bonchev–Trinajstić information content (AvgIpc) is 3.02. The Balaban J connectivity index is 1.53. The molecule has 2 heterocycles. The maximum Gasteiger partial charge on any atom is 0.261 e. The minimum absolute atomic E-state index is 0.0911. The summed E-state index contributed by atoms with van der Waals surface area (Å²) in [6.45, 7) is 3.32. The number of sulfonamides is 1. The van der Waals surface area contributed by atoms with Crippen LogP contribution in [0.4, 0.5) is 5.69 Å². The minimum Gasteiger partial charge on any atom is -0.337 e. The monoisotopic (exact) mass is 399 g/mol. The van der Waals surface area contributed by atoms with Gasteiger partial charge in [0.1, 0.15) is 0 Å². The lowest BCUT2D eigenvalue weighted by molar-refractivity contribution is 0.0748. The Bertz CT molecular complexity index is 973. The Kier molecular flexibility index (Phi) is 5.12. The summed E-state index contributed by atoms with van der Waals surface area (Å²) in [4.78, 5) is 14.9. The van der Waals surface area contributed by atoms with Crippen LogP contribution in [-0.2, 0) is 10.0 Å². The molecule has 28 heavy (non-hydrogen) atoms. The molecule has 1 amide bonds. The summed E-state index contributed by atoms with van der Waals surface area (Å²) >= 11 is 0. The predicted molar refractivity (Wildman–Crippen MR) is 109 cm³/mol. The Morgan fingerprint density at radius 1 is 1.07 bits per heavy atom. The molecule has 2 unspecified atom stereocenters. The molecule has 2 fully saturated rings. The first-order chi connectivity index (χ1) is 13.4. The van der Waals surface area contributed by atoms with Gasteiger partial charge in [0, 0.05) is 36.4 Å². The number of aryl methyl sites for hydroxylation is 1. The third-order valence-electron chi connectivity index (χ3n) is 5.51. The lowest BCUT2D eigenvalue weighted by Crippen LogP contribution is -2.39. The number of nitrogens with zero attached hydrogens (tertiary/aromatic N) is 1. The standard InChI is InChI=1S/C21H25N3O3S/c1-15-5-7-18(8-6-15)23-28(26,27)20-4-2-3-16(13-20)21(25)24-12-11-17-9-10-19(14-24)22-17/h2-8,13,17,19,22-23H,9-12,14H2,1H3. The molecule has 2 aromatic rings. The Hall–Kier alpha value is -2.38. The number of carbonyl (C=O) groups excluding carboxylic acids is 1. The second-order valence-corrected chi connectivity index (χ2v) is 9.36. The maximum absolute atomic E-state index is 13.0. The van der Waals surface area contributed by atoms with E-state index in [1.165, 1.54) is 18.6 Å². The molecule has 2 atom stereocenters. The number of nitrogens with one attached hydrogen (secondary N) is 2. The highest BCUT2D eigenvalue weighted by Crippen LogP contribution is 2.23. The van der Waals surface area contributed by atoms with Crippen molar-refractivity contribution < 1.29 is 13.2 Å². The molecule has 0 spiro atoms. The molecular formula is C21H25N3O3S. The summed E-state index contributed by atoms with van der Waals surface area (Å²) in [5, 5.41) is 3.56. The fraction of sp³-hybridized carbons (Fsp3) is 0.381. The summed E-state index contributed by atoms with van der Waals surface area (Å²) in [7, 11) is -3.76. The molecule has 4 rings (SSSR count). The predicted octanol–water partition coefficient (Wildman–Crippen LogP) is 2.76. The lowest BCUT2D eigenvalue weighted by atomic mass is 10.1. The molecule has 2 bridgehead atoms. The highest BCUT2D eigenvalue weighted by molar-refractivity contribution is 7.92. The number of carbonyl (C=O) groups is 1. The second-order valence-electron chi connectivity index (χ2n) is 7.68. The van der Waals surface area contributed by atoms with Crippen LogP contribution in [0.25, 0.3) is 0 Å². The Morgan fingerprint density at radius 3 is 2.61 bits per heavy atom.